The number of ketones is 3. The van der Waals surface area contributed by atoms with Crippen LogP contribution in [0.15, 0.2) is 0 Å². The Bertz CT molecular complexity index is 924. The Labute approximate surface area is 292 Å². The van der Waals surface area contributed by atoms with Crippen LogP contribution >= 0.6 is 0 Å². The lowest BCUT2D eigenvalue weighted by Gasteiger charge is -2.12. The fraction of sp³-hybridized carbons (Fsp3) is 0.833. The summed E-state index contributed by atoms with van der Waals surface area (Å²) in [6, 6.07) is 0. The number of Topliss-reactive ketones (excluding diaryl/α,β-unsaturated/α-hetero) is 3. The highest BCUT2D eigenvalue weighted by atomic mass is 16.5. The fourth-order valence-electron chi connectivity index (χ4n) is 4.77. The second-order valence-electron chi connectivity index (χ2n) is 12.7. The van der Waals surface area contributed by atoms with Gasteiger partial charge in [0.25, 0.3) is 0 Å². The first-order valence-electron chi connectivity index (χ1n) is 18.1. The molecule has 0 spiro atoms. The van der Waals surface area contributed by atoms with E-state index in [2.05, 4.69) is 5.32 Å². The van der Waals surface area contributed by atoms with E-state index in [0.717, 1.165) is 64.2 Å². The molecule has 0 rings (SSSR count). The summed E-state index contributed by atoms with van der Waals surface area (Å²) in [4.78, 5) is 69.9. The van der Waals surface area contributed by atoms with Crippen molar-refractivity contribution in [3.63, 3.8) is 0 Å². The minimum atomic E-state index is -1.07. The summed E-state index contributed by atoms with van der Waals surface area (Å²) in [5.74, 6) is -3.13. The van der Waals surface area contributed by atoms with Crippen molar-refractivity contribution in [2.75, 3.05) is 59.4 Å². The normalized spacial score (nSPS) is 11.8. The summed E-state index contributed by atoms with van der Waals surface area (Å²) in [6.07, 6.45) is 11.4. The number of amides is 1. The van der Waals surface area contributed by atoms with Crippen molar-refractivity contribution in [3.05, 3.63) is 0 Å². The van der Waals surface area contributed by atoms with Gasteiger partial charge >= 0.3 is 11.9 Å². The van der Waals surface area contributed by atoms with E-state index in [4.69, 9.17) is 24.1 Å². The molecule has 1 amide bonds. The van der Waals surface area contributed by atoms with Gasteiger partial charge in [0.1, 0.15) is 19.0 Å². The molecule has 49 heavy (non-hydrogen) atoms. The van der Waals surface area contributed by atoms with Gasteiger partial charge in [-0.25, -0.2) is 0 Å². The Hall–Kier alpha value is -2.74. The number of carbonyl (C=O) groups excluding carboxylic acids is 4. The number of nitrogens with one attached hydrogen (secondary N) is 1. The van der Waals surface area contributed by atoms with E-state index in [-0.39, 0.29) is 94.4 Å². The third-order valence-electron chi connectivity index (χ3n) is 7.85. The van der Waals surface area contributed by atoms with Gasteiger partial charge in [0.05, 0.1) is 39.0 Å². The zero-order valence-corrected chi connectivity index (χ0v) is 30.0. The minimum absolute atomic E-state index is 0.00710. The molecule has 0 bridgehead atoms. The minimum Gasteiger partial charge on any atom is -0.481 e. The monoisotopic (exact) mass is 701 g/mol. The van der Waals surface area contributed by atoms with Crippen LogP contribution in [0.25, 0.3) is 0 Å². The van der Waals surface area contributed by atoms with Gasteiger partial charge in [-0.3, -0.25) is 28.8 Å². The third kappa shape index (κ3) is 32.2. The zero-order valence-electron chi connectivity index (χ0n) is 30.0. The molecular formula is C36H63NO12. The fourth-order valence-corrected chi connectivity index (χ4v) is 4.77. The van der Waals surface area contributed by atoms with Gasteiger partial charge in [-0.1, -0.05) is 65.2 Å². The Morgan fingerprint density at radius 3 is 1.63 bits per heavy atom. The van der Waals surface area contributed by atoms with Gasteiger partial charge in [-0.2, -0.15) is 0 Å². The van der Waals surface area contributed by atoms with Crippen LogP contribution in [0.4, 0.5) is 0 Å². The molecule has 13 heteroatoms. The van der Waals surface area contributed by atoms with E-state index in [1.807, 2.05) is 13.8 Å². The maximum atomic E-state index is 12.3. The summed E-state index contributed by atoms with van der Waals surface area (Å²) in [6.45, 7) is 5.80. The van der Waals surface area contributed by atoms with Crippen LogP contribution in [0, 0.1) is 11.8 Å². The smallest absolute Gasteiger partial charge is 0.306 e. The van der Waals surface area contributed by atoms with E-state index in [9.17, 15) is 33.9 Å². The van der Waals surface area contributed by atoms with Gasteiger partial charge in [-0.05, 0) is 25.7 Å². The Balaban J connectivity index is 3.70. The molecule has 284 valence electrons. The summed E-state index contributed by atoms with van der Waals surface area (Å²) in [5.41, 5.74) is 0. The lowest BCUT2D eigenvalue weighted by Crippen LogP contribution is -2.29. The van der Waals surface area contributed by atoms with Crippen LogP contribution < -0.4 is 5.32 Å². The Kier molecular flexibility index (Phi) is 30.6. The van der Waals surface area contributed by atoms with Crippen LogP contribution in [0.5, 0.6) is 0 Å². The highest BCUT2D eigenvalue weighted by molar-refractivity contribution is 5.84. The van der Waals surface area contributed by atoms with Gasteiger partial charge < -0.3 is 34.5 Å². The van der Waals surface area contributed by atoms with Crippen LogP contribution in [0.1, 0.15) is 123 Å². The molecule has 0 aromatic carbocycles. The number of carbonyl (C=O) groups is 6. The topological polar surface area (TPSA) is 192 Å². The van der Waals surface area contributed by atoms with E-state index in [1.54, 1.807) is 0 Å². The standard InChI is InChI=1S/C36H63NO12/c1-29(2)33(40)28-49-25-22-46-20-13-15-32(39)27-48-24-23-47-21-19-37-34(41)18-17-30(36(44)45)26-31(38)14-11-9-7-5-3-4-6-8-10-12-16-35(42)43/h29-30H,3-28H2,1-2H3,(H,37,41)(H,42,43)(H,44,45)/t30-/m1/s1. The number of carboxylic acid groups (broad SMARTS) is 2. The number of unbranched alkanes of at least 4 members (excludes halogenated alkanes) is 9. The van der Waals surface area contributed by atoms with Crippen molar-refractivity contribution >= 4 is 35.2 Å². The van der Waals surface area contributed by atoms with Crippen molar-refractivity contribution in [3.8, 4) is 0 Å². The average Bonchev–Trinajstić information content (AvgIpc) is 3.05. The van der Waals surface area contributed by atoms with Gasteiger partial charge in [-0.15, -0.1) is 0 Å². The molecule has 0 fully saturated rings. The predicted molar refractivity (Wildman–Crippen MR) is 183 cm³/mol. The molecule has 0 aliphatic carbocycles. The Morgan fingerprint density at radius 2 is 1.06 bits per heavy atom. The molecule has 0 aromatic rings. The maximum absolute atomic E-state index is 12.3. The van der Waals surface area contributed by atoms with Gasteiger partial charge in [0.2, 0.25) is 5.91 Å². The molecule has 0 saturated carbocycles. The summed E-state index contributed by atoms with van der Waals surface area (Å²) in [7, 11) is 0. The number of rotatable bonds is 37. The number of hydrogen-bond acceptors (Lipinski definition) is 10. The first kappa shape index (κ1) is 46.3. The van der Waals surface area contributed by atoms with E-state index in [1.165, 1.54) is 0 Å². The molecule has 0 aliphatic heterocycles. The quantitative estimate of drug-likeness (QED) is 0.0740. The number of ether oxygens (including phenoxy) is 4. The molecule has 13 nitrogen and oxygen atoms in total. The van der Waals surface area contributed by atoms with Gasteiger partial charge in [0, 0.05) is 51.2 Å². The maximum Gasteiger partial charge on any atom is 0.306 e. The van der Waals surface area contributed by atoms with Crippen LogP contribution in [0.3, 0.4) is 0 Å². The van der Waals surface area contributed by atoms with Crippen molar-refractivity contribution in [2.45, 2.75) is 123 Å². The molecule has 0 heterocycles. The second kappa shape index (κ2) is 32.5. The van der Waals surface area contributed by atoms with Crippen LogP contribution in [-0.4, -0.2) is 105 Å². The Morgan fingerprint density at radius 1 is 0.551 bits per heavy atom. The lowest BCUT2D eigenvalue weighted by atomic mass is 9.94. The largest absolute Gasteiger partial charge is 0.481 e. The molecule has 0 saturated heterocycles. The third-order valence-corrected chi connectivity index (χ3v) is 7.85. The second-order valence-corrected chi connectivity index (χ2v) is 12.7. The number of hydrogen-bond donors (Lipinski definition) is 3. The molecular weight excluding hydrogens is 638 g/mol. The van der Waals surface area contributed by atoms with E-state index < -0.39 is 17.9 Å². The van der Waals surface area contributed by atoms with Crippen LogP contribution in [0.2, 0.25) is 0 Å². The van der Waals surface area contributed by atoms with E-state index >= 15 is 0 Å². The highest BCUT2D eigenvalue weighted by Crippen LogP contribution is 2.16. The van der Waals surface area contributed by atoms with Crippen molar-refractivity contribution < 1.29 is 57.9 Å². The first-order chi connectivity index (χ1) is 23.5. The summed E-state index contributed by atoms with van der Waals surface area (Å²) >= 11 is 0. The SMILES string of the molecule is CC(C)C(=O)COCCOCCCC(=O)COCCOCCNC(=O)CC[C@H](CC(=O)CCCCCCCCCCCCC(=O)O)C(=O)O. The molecule has 0 aliphatic rings. The van der Waals surface area contributed by atoms with Gasteiger partial charge in [0.15, 0.2) is 11.6 Å². The molecule has 0 aromatic heterocycles. The highest BCUT2D eigenvalue weighted by Gasteiger charge is 2.22. The number of carboxylic acids is 2. The average molecular weight is 702 g/mol. The van der Waals surface area contributed by atoms with Crippen LogP contribution in [-0.2, 0) is 47.7 Å². The zero-order chi connectivity index (χ0) is 36.5. The summed E-state index contributed by atoms with van der Waals surface area (Å²) in [5, 5.41) is 20.8. The first-order valence-corrected chi connectivity index (χ1v) is 18.1. The molecule has 1 atom stereocenters. The number of aliphatic carboxylic acids is 2. The van der Waals surface area contributed by atoms with Crippen molar-refractivity contribution in [1.29, 1.82) is 0 Å². The lowest BCUT2D eigenvalue weighted by molar-refractivity contribution is -0.144. The van der Waals surface area contributed by atoms with Crippen molar-refractivity contribution in [2.24, 2.45) is 11.8 Å². The molecule has 0 radical (unpaired) electrons. The molecule has 3 N–H and O–H groups in total. The summed E-state index contributed by atoms with van der Waals surface area (Å²) < 4.78 is 21.3. The van der Waals surface area contributed by atoms with Crippen molar-refractivity contribution in [1.82, 2.24) is 5.32 Å². The molecule has 0 unspecified atom stereocenters. The predicted octanol–water partition coefficient (Wildman–Crippen LogP) is 4.95. The van der Waals surface area contributed by atoms with E-state index in [0.29, 0.717) is 39.1 Å².